The van der Waals surface area contributed by atoms with Gasteiger partial charge >= 0.3 is 0 Å². The third-order valence-corrected chi connectivity index (χ3v) is 3.97. The minimum atomic E-state index is -1.02. The standard InChI is InChI=1S/C19H15NO4/c1-12(21)11-16(17(22)13-7-3-2-4-8-13)20-15-10-6-5-9-14(15)18(23)19(20)24/h2-10,16H,11H2,1H3. The topological polar surface area (TPSA) is 71.5 Å². The molecule has 0 saturated carbocycles. The van der Waals surface area contributed by atoms with Crippen LogP contribution >= 0.6 is 0 Å². The Bertz CT molecular complexity index is 841. The van der Waals surface area contributed by atoms with E-state index >= 15 is 0 Å². The number of para-hydroxylation sites is 1. The lowest BCUT2D eigenvalue weighted by molar-refractivity contribution is -0.117. The van der Waals surface area contributed by atoms with Gasteiger partial charge in [0.25, 0.3) is 11.7 Å². The first-order chi connectivity index (χ1) is 11.5. The molecule has 0 fully saturated rings. The Morgan fingerprint density at radius 2 is 1.58 bits per heavy atom. The Kier molecular flexibility index (Phi) is 4.08. The van der Waals surface area contributed by atoms with Crippen molar-refractivity contribution in [1.29, 1.82) is 0 Å². The van der Waals surface area contributed by atoms with Crippen LogP contribution in [0.25, 0.3) is 0 Å². The van der Waals surface area contributed by atoms with Gasteiger partial charge in [0.15, 0.2) is 5.78 Å². The summed E-state index contributed by atoms with van der Waals surface area (Å²) in [6.45, 7) is 1.36. The van der Waals surface area contributed by atoms with Gasteiger partial charge in [0.05, 0.1) is 11.3 Å². The molecule has 5 nitrogen and oxygen atoms in total. The molecular weight excluding hydrogens is 306 g/mol. The van der Waals surface area contributed by atoms with Crippen molar-refractivity contribution in [3.8, 4) is 0 Å². The summed E-state index contributed by atoms with van der Waals surface area (Å²) in [6.07, 6.45) is -0.138. The highest BCUT2D eigenvalue weighted by atomic mass is 16.2. The Morgan fingerprint density at radius 3 is 2.25 bits per heavy atom. The maximum Gasteiger partial charge on any atom is 0.300 e. The zero-order chi connectivity index (χ0) is 17.3. The third-order valence-electron chi connectivity index (χ3n) is 3.97. The van der Waals surface area contributed by atoms with Crippen molar-refractivity contribution in [1.82, 2.24) is 0 Å². The van der Waals surface area contributed by atoms with Crippen molar-refractivity contribution in [2.45, 2.75) is 19.4 Å². The number of hydrogen-bond donors (Lipinski definition) is 0. The van der Waals surface area contributed by atoms with Gasteiger partial charge < -0.3 is 0 Å². The van der Waals surface area contributed by atoms with Crippen LogP contribution in [0.3, 0.4) is 0 Å². The summed E-state index contributed by atoms with van der Waals surface area (Å²) in [7, 11) is 0. The van der Waals surface area contributed by atoms with Crippen LogP contribution in [-0.4, -0.2) is 29.3 Å². The predicted molar refractivity (Wildman–Crippen MR) is 88.1 cm³/mol. The SMILES string of the molecule is CC(=O)CC(C(=O)c1ccccc1)N1C(=O)C(=O)c2ccccc21. The predicted octanol–water partition coefficient (Wildman–Crippen LogP) is 2.45. The fourth-order valence-electron chi connectivity index (χ4n) is 2.89. The third kappa shape index (κ3) is 2.65. The molecule has 3 rings (SSSR count). The Morgan fingerprint density at radius 1 is 0.958 bits per heavy atom. The van der Waals surface area contributed by atoms with E-state index in [1.54, 1.807) is 54.6 Å². The van der Waals surface area contributed by atoms with Gasteiger partial charge in [-0.25, -0.2) is 0 Å². The Hall–Kier alpha value is -3.08. The molecule has 1 aliphatic rings. The monoisotopic (exact) mass is 321 g/mol. The van der Waals surface area contributed by atoms with Gasteiger partial charge in [0.2, 0.25) is 0 Å². The maximum absolute atomic E-state index is 12.9. The molecule has 2 aromatic rings. The van der Waals surface area contributed by atoms with E-state index in [9.17, 15) is 19.2 Å². The summed E-state index contributed by atoms with van der Waals surface area (Å²) in [4.78, 5) is 50.3. The zero-order valence-electron chi connectivity index (χ0n) is 13.1. The fraction of sp³-hybridized carbons (Fsp3) is 0.158. The molecule has 0 aliphatic carbocycles. The minimum Gasteiger partial charge on any atom is -0.300 e. The summed E-state index contributed by atoms with van der Waals surface area (Å²) in [5, 5.41) is 0. The molecule has 2 aromatic carbocycles. The molecule has 1 unspecified atom stereocenters. The first-order valence-corrected chi connectivity index (χ1v) is 7.56. The summed E-state index contributed by atoms with van der Waals surface area (Å²) in [6, 6.07) is 13.9. The van der Waals surface area contributed by atoms with Crippen molar-refractivity contribution in [3.05, 3.63) is 65.7 Å². The lowest BCUT2D eigenvalue weighted by Gasteiger charge is -2.26. The second kappa shape index (κ2) is 6.20. The molecule has 1 amide bonds. The number of benzene rings is 2. The number of hydrogen-bond acceptors (Lipinski definition) is 4. The highest BCUT2D eigenvalue weighted by Crippen LogP contribution is 2.32. The van der Waals surface area contributed by atoms with E-state index in [0.29, 0.717) is 11.3 Å². The lowest BCUT2D eigenvalue weighted by atomic mass is 9.98. The number of ketones is 3. The van der Waals surface area contributed by atoms with Crippen LogP contribution in [0.15, 0.2) is 54.6 Å². The number of nitrogens with zero attached hydrogens (tertiary/aromatic N) is 1. The van der Waals surface area contributed by atoms with E-state index in [1.807, 2.05) is 0 Å². The lowest BCUT2D eigenvalue weighted by Crippen LogP contribution is -2.45. The highest BCUT2D eigenvalue weighted by molar-refractivity contribution is 6.53. The molecular formula is C19H15NO4. The van der Waals surface area contributed by atoms with Gasteiger partial charge in [-0.15, -0.1) is 0 Å². The molecule has 120 valence electrons. The fourth-order valence-corrected chi connectivity index (χ4v) is 2.89. The van der Waals surface area contributed by atoms with E-state index in [2.05, 4.69) is 0 Å². The number of carbonyl (C=O) groups is 4. The number of rotatable bonds is 5. The second-order valence-electron chi connectivity index (χ2n) is 5.67. The molecule has 1 atom stereocenters. The van der Waals surface area contributed by atoms with Gasteiger partial charge in [-0.05, 0) is 19.1 Å². The molecule has 0 aromatic heterocycles. The van der Waals surface area contributed by atoms with Crippen LogP contribution < -0.4 is 4.90 Å². The quantitative estimate of drug-likeness (QED) is 0.626. The molecule has 1 heterocycles. The Labute approximate surface area is 138 Å². The largest absolute Gasteiger partial charge is 0.300 e. The van der Waals surface area contributed by atoms with E-state index in [1.165, 1.54) is 6.92 Å². The first-order valence-electron chi connectivity index (χ1n) is 7.56. The number of amides is 1. The molecule has 0 bridgehead atoms. The number of carbonyl (C=O) groups excluding carboxylic acids is 4. The van der Waals surface area contributed by atoms with E-state index in [4.69, 9.17) is 0 Å². The maximum atomic E-state index is 12.9. The van der Waals surface area contributed by atoms with Gasteiger partial charge in [0.1, 0.15) is 11.8 Å². The van der Waals surface area contributed by atoms with Crippen molar-refractivity contribution in [2.24, 2.45) is 0 Å². The number of anilines is 1. The van der Waals surface area contributed by atoms with Crippen LogP contribution in [0.2, 0.25) is 0 Å². The molecule has 1 aliphatic heterocycles. The van der Waals surface area contributed by atoms with Crippen molar-refractivity contribution < 1.29 is 19.2 Å². The van der Waals surface area contributed by atoms with Crippen LogP contribution in [0.4, 0.5) is 5.69 Å². The average Bonchev–Trinajstić information content (AvgIpc) is 2.84. The summed E-state index contributed by atoms with van der Waals surface area (Å²) in [5.41, 5.74) is 1.04. The first kappa shape index (κ1) is 15.8. The molecule has 0 N–H and O–H groups in total. The van der Waals surface area contributed by atoms with Crippen molar-refractivity contribution in [2.75, 3.05) is 4.90 Å². The summed E-state index contributed by atoms with van der Waals surface area (Å²) in [5.74, 6) is -2.01. The normalized spacial score (nSPS) is 14.5. The zero-order valence-corrected chi connectivity index (χ0v) is 13.1. The molecule has 0 saturated heterocycles. The molecule has 24 heavy (non-hydrogen) atoms. The van der Waals surface area contributed by atoms with Crippen molar-refractivity contribution >= 4 is 28.9 Å². The summed E-state index contributed by atoms with van der Waals surface area (Å²) < 4.78 is 0. The Balaban J connectivity index is 2.07. The van der Waals surface area contributed by atoms with Crippen molar-refractivity contribution in [3.63, 3.8) is 0 Å². The molecule has 0 radical (unpaired) electrons. The smallest absolute Gasteiger partial charge is 0.300 e. The van der Waals surface area contributed by atoms with E-state index < -0.39 is 17.7 Å². The number of Topliss-reactive ketones (excluding diaryl/α,β-unsaturated/α-hetero) is 3. The number of fused-ring (bicyclic) bond motifs is 1. The van der Waals surface area contributed by atoms with Crippen LogP contribution in [-0.2, 0) is 9.59 Å². The van der Waals surface area contributed by atoms with E-state index in [-0.39, 0.29) is 23.6 Å². The second-order valence-corrected chi connectivity index (χ2v) is 5.67. The minimum absolute atomic E-state index is 0.138. The van der Waals surface area contributed by atoms with Crippen LogP contribution in [0.1, 0.15) is 34.1 Å². The summed E-state index contributed by atoms with van der Waals surface area (Å²) >= 11 is 0. The van der Waals surface area contributed by atoms with Gasteiger partial charge in [-0.3, -0.25) is 24.1 Å². The molecule has 0 spiro atoms. The van der Waals surface area contributed by atoms with Gasteiger partial charge in [-0.1, -0.05) is 42.5 Å². The average molecular weight is 321 g/mol. The van der Waals surface area contributed by atoms with E-state index in [0.717, 1.165) is 4.90 Å². The highest BCUT2D eigenvalue weighted by Gasteiger charge is 2.42. The van der Waals surface area contributed by atoms with Crippen LogP contribution in [0.5, 0.6) is 0 Å². The molecule has 5 heteroatoms. The van der Waals surface area contributed by atoms with Crippen LogP contribution in [0, 0.1) is 0 Å². The van der Waals surface area contributed by atoms with Gasteiger partial charge in [0, 0.05) is 12.0 Å². The van der Waals surface area contributed by atoms with Gasteiger partial charge in [-0.2, -0.15) is 0 Å².